The summed E-state index contributed by atoms with van der Waals surface area (Å²) < 4.78 is 0. The highest BCUT2D eigenvalue weighted by Gasteiger charge is 2.18. The molecule has 302 valence electrons. The molecule has 1 unspecified atom stereocenters. The van der Waals surface area contributed by atoms with Crippen LogP contribution in [0.4, 0.5) is 0 Å². The van der Waals surface area contributed by atoms with Gasteiger partial charge in [0.25, 0.3) is 0 Å². The van der Waals surface area contributed by atoms with E-state index >= 15 is 0 Å². The van der Waals surface area contributed by atoms with Crippen molar-refractivity contribution in [1.29, 1.82) is 0 Å². The molecule has 11 rings (SSSR count). The van der Waals surface area contributed by atoms with E-state index in [0.717, 1.165) is 72.8 Å². The quantitative estimate of drug-likeness (QED) is 0.144. The van der Waals surface area contributed by atoms with Gasteiger partial charge in [-0.2, -0.15) is 0 Å². The first-order chi connectivity index (χ1) is 31.7. The van der Waals surface area contributed by atoms with Gasteiger partial charge < -0.3 is 0 Å². The van der Waals surface area contributed by atoms with Crippen LogP contribution in [0.3, 0.4) is 0 Å². The monoisotopic (exact) mass is 820 g/mol. The van der Waals surface area contributed by atoms with Crippen molar-refractivity contribution in [1.82, 2.24) is 29.9 Å². The van der Waals surface area contributed by atoms with Crippen LogP contribution in [-0.4, -0.2) is 29.9 Å². The predicted octanol–water partition coefficient (Wildman–Crippen LogP) is 14.0. The fourth-order valence-electron chi connectivity index (χ4n) is 8.25. The zero-order chi connectivity index (χ0) is 42.7. The molecule has 1 atom stereocenters. The normalized spacial score (nSPS) is 13.4. The molecule has 6 heteroatoms. The Hall–Kier alpha value is -8.48. The number of benzene rings is 8. The van der Waals surface area contributed by atoms with Gasteiger partial charge in [-0.05, 0) is 51.1 Å². The summed E-state index contributed by atoms with van der Waals surface area (Å²) in [6, 6.07) is 71.1. The van der Waals surface area contributed by atoms with E-state index in [1.165, 1.54) is 5.56 Å². The summed E-state index contributed by atoms with van der Waals surface area (Å²) >= 11 is 0. The lowest BCUT2D eigenvalue weighted by molar-refractivity contribution is 0.855. The molecule has 0 amide bonds. The number of hydrogen-bond donors (Lipinski definition) is 0. The summed E-state index contributed by atoms with van der Waals surface area (Å²) in [5.74, 6) is 4.05. The van der Waals surface area contributed by atoms with Gasteiger partial charge in [-0.3, -0.25) is 0 Å². The number of rotatable bonds is 9. The fourth-order valence-corrected chi connectivity index (χ4v) is 8.25. The van der Waals surface area contributed by atoms with E-state index in [-0.39, 0.29) is 5.92 Å². The topological polar surface area (TPSA) is 77.3 Å². The van der Waals surface area contributed by atoms with Gasteiger partial charge in [0.1, 0.15) is 0 Å². The molecule has 10 aromatic rings. The highest BCUT2D eigenvalue weighted by Crippen LogP contribution is 2.35. The summed E-state index contributed by atoms with van der Waals surface area (Å²) in [5.41, 5.74) is 11.5. The van der Waals surface area contributed by atoms with Crippen LogP contribution in [-0.2, 0) is 0 Å². The maximum Gasteiger partial charge on any atom is 0.164 e. The van der Waals surface area contributed by atoms with Gasteiger partial charge in [0.15, 0.2) is 34.9 Å². The van der Waals surface area contributed by atoms with Crippen LogP contribution < -0.4 is 0 Å². The molecule has 0 fully saturated rings. The van der Waals surface area contributed by atoms with Crippen LogP contribution in [0.2, 0.25) is 0 Å². The van der Waals surface area contributed by atoms with Crippen LogP contribution in [0.1, 0.15) is 23.7 Å². The number of aromatic nitrogens is 6. The van der Waals surface area contributed by atoms with Crippen LogP contribution in [0.5, 0.6) is 0 Å². The molecule has 0 bridgehead atoms. The van der Waals surface area contributed by atoms with Gasteiger partial charge in [0, 0.05) is 39.3 Å². The molecule has 0 saturated heterocycles. The molecule has 0 aliphatic heterocycles. The van der Waals surface area contributed by atoms with Gasteiger partial charge in [-0.25, -0.2) is 29.9 Å². The molecule has 0 radical (unpaired) electrons. The number of allylic oxidation sites excluding steroid dienone is 4. The third-order valence-electron chi connectivity index (χ3n) is 11.7. The lowest BCUT2D eigenvalue weighted by Crippen LogP contribution is -2.05. The first kappa shape index (κ1) is 38.4. The van der Waals surface area contributed by atoms with Gasteiger partial charge >= 0.3 is 0 Å². The summed E-state index contributed by atoms with van der Waals surface area (Å²) in [6.07, 6.45) is 7.48. The Morgan fingerprint density at radius 1 is 0.297 bits per heavy atom. The predicted molar refractivity (Wildman–Crippen MR) is 260 cm³/mol. The summed E-state index contributed by atoms with van der Waals surface area (Å²) in [5, 5.41) is 2.27. The Kier molecular flexibility index (Phi) is 10.3. The van der Waals surface area contributed by atoms with Crippen molar-refractivity contribution in [3.63, 3.8) is 0 Å². The molecular formula is C58H40N6. The Morgan fingerprint density at radius 3 is 1.11 bits per heavy atom. The summed E-state index contributed by atoms with van der Waals surface area (Å²) in [7, 11) is 0. The smallest absolute Gasteiger partial charge is 0.164 e. The Labute approximate surface area is 372 Å². The summed E-state index contributed by atoms with van der Waals surface area (Å²) in [6.45, 7) is 0. The second-order valence-electron chi connectivity index (χ2n) is 15.9. The Balaban J connectivity index is 0.915. The third kappa shape index (κ3) is 8.04. The van der Waals surface area contributed by atoms with Gasteiger partial charge in [-0.15, -0.1) is 0 Å². The lowest BCUT2D eigenvalue weighted by atomic mass is 9.88. The third-order valence-corrected chi connectivity index (χ3v) is 11.7. The minimum atomic E-state index is 0.189. The van der Waals surface area contributed by atoms with Crippen molar-refractivity contribution < 1.29 is 0 Å². The van der Waals surface area contributed by atoms with Gasteiger partial charge in [-0.1, -0.05) is 218 Å². The first-order valence-electron chi connectivity index (χ1n) is 21.5. The van der Waals surface area contributed by atoms with E-state index in [1.54, 1.807) is 0 Å². The van der Waals surface area contributed by atoms with Crippen LogP contribution in [0, 0.1) is 0 Å². The maximum absolute atomic E-state index is 5.12. The molecule has 2 aromatic heterocycles. The molecule has 0 N–H and O–H groups in total. The van der Waals surface area contributed by atoms with E-state index in [9.17, 15) is 0 Å². The number of nitrogens with zero attached hydrogens (tertiary/aromatic N) is 6. The minimum absolute atomic E-state index is 0.189. The molecule has 64 heavy (non-hydrogen) atoms. The number of hydrogen-bond acceptors (Lipinski definition) is 6. The van der Waals surface area contributed by atoms with Crippen molar-refractivity contribution in [2.75, 3.05) is 0 Å². The van der Waals surface area contributed by atoms with Gasteiger partial charge in [0.05, 0.1) is 0 Å². The molecule has 0 saturated carbocycles. The minimum Gasteiger partial charge on any atom is -0.208 e. The largest absolute Gasteiger partial charge is 0.208 e. The molecule has 1 aliphatic rings. The molecule has 6 nitrogen and oxygen atoms in total. The van der Waals surface area contributed by atoms with Crippen molar-refractivity contribution >= 4 is 16.3 Å². The second-order valence-corrected chi connectivity index (χ2v) is 15.9. The molecular weight excluding hydrogens is 781 g/mol. The van der Waals surface area contributed by atoms with Crippen LogP contribution >= 0.6 is 0 Å². The van der Waals surface area contributed by atoms with Crippen LogP contribution in [0.25, 0.3) is 95.5 Å². The fraction of sp³-hybridized carbons (Fsp3) is 0.0345. The Morgan fingerprint density at radius 2 is 0.656 bits per heavy atom. The molecule has 2 heterocycles. The van der Waals surface area contributed by atoms with Gasteiger partial charge in [0.2, 0.25) is 0 Å². The second kappa shape index (κ2) is 17.1. The first-order valence-corrected chi connectivity index (χ1v) is 21.5. The molecule has 8 aromatic carbocycles. The van der Waals surface area contributed by atoms with Crippen molar-refractivity contribution in [3.8, 4) is 79.2 Å². The standard InChI is InChI=1S/C58H40N6/c1-5-13-39(14-6-1)41-21-29-47(30-22-41)56-62-57(48-31-23-42(24-32-48)40-15-7-2-8-16-40)64-58(63-56)51-36-28-44-27-35-50(37-52(44)38-51)43-25-33-49(34-26-43)55-60-53(45-17-9-3-10-18-45)59-54(61-55)46-19-11-4-12-20-46/h1-25,27-38,43H,26H2. The average molecular weight is 821 g/mol. The van der Waals surface area contributed by atoms with E-state index in [1.807, 2.05) is 72.8 Å². The molecule has 1 aliphatic carbocycles. The molecule has 0 spiro atoms. The van der Waals surface area contributed by atoms with E-state index < -0.39 is 0 Å². The van der Waals surface area contributed by atoms with E-state index in [4.69, 9.17) is 29.9 Å². The van der Waals surface area contributed by atoms with Crippen molar-refractivity contribution in [2.45, 2.75) is 12.3 Å². The lowest BCUT2D eigenvalue weighted by Gasteiger charge is -2.18. The Bertz CT molecular complexity index is 3150. The highest BCUT2D eigenvalue weighted by atomic mass is 15.0. The zero-order valence-electron chi connectivity index (χ0n) is 34.8. The highest BCUT2D eigenvalue weighted by molar-refractivity contribution is 5.88. The van der Waals surface area contributed by atoms with Crippen LogP contribution in [0.15, 0.2) is 224 Å². The zero-order valence-corrected chi connectivity index (χ0v) is 34.8. The van der Waals surface area contributed by atoms with E-state index in [2.05, 4.69) is 152 Å². The average Bonchev–Trinajstić information content (AvgIpc) is 3.39. The van der Waals surface area contributed by atoms with Crippen molar-refractivity contribution in [2.24, 2.45) is 0 Å². The SMILES string of the molecule is C1=CC(c2ccc3ccc(-c4nc(-c5ccc(-c6ccccc6)cc5)nc(-c5ccc(-c6ccccc6)cc5)n4)cc3c2)CC=C1c1nc(-c2ccccc2)nc(-c2ccccc2)n1. The number of fused-ring (bicyclic) bond motifs is 1. The van der Waals surface area contributed by atoms with E-state index in [0.29, 0.717) is 34.9 Å². The summed E-state index contributed by atoms with van der Waals surface area (Å²) in [4.78, 5) is 30.1. The maximum atomic E-state index is 5.12. The van der Waals surface area contributed by atoms with Crippen molar-refractivity contribution in [3.05, 3.63) is 236 Å².